The van der Waals surface area contributed by atoms with Crippen LogP contribution in [0.5, 0.6) is 0 Å². The first-order valence-electron chi connectivity index (χ1n) is 4.33. The van der Waals surface area contributed by atoms with Crippen LogP contribution >= 0.6 is 0 Å². The highest BCUT2D eigenvalue weighted by Crippen LogP contribution is 2.20. The Morgan fingerprint density at radius 1 is 1.14 bits per heavy atom. The van der Waals surface area contributed by atoms with Crippen LogP contribution in [0.4, 0.5) is 0 Å². The minimum absolute atomic E-state index is 0.383. The summed E-state index contributed by atoms with van der Waals surface area (Å²) in [6, 6.07) is 11.6. The van der Waals surface area contributed by atoms with E-state index in [1.165, 1.54) is 14.2 Å². The van der Waals surface area contributed by atoms with Crippen LogP contribution in [0.1, 0.15) is 11.5 Å². The summed E-state index contributed by atoms with van der Waals surface area (Å²) in [5.41, 5.74) is 0.906. The molecule has 0 saturated heterocycles. The molecule has 0 unspecified atom stereocenters. The fourth-order valence-electron chi connectivity index (χ4n) is 1.32. The third kappa shape index (κ3) is 2.32. The summed E-state index contributed by atoms with van der Waals surface area (Å²) in [6.45, 7) is 0. The average Bonchev–Trinajstić information content (AvgIpc) is 2.27. The first-order valence-corrected chi connectivity index (χ1v) is 4.33. The Morgan fingerprint density at radius 2 is 1.71 bits per heavy atom. The van der Waals surface area contributed by atoms with E-state index in [4.69, 9.17) is 14.7 Å². The lowest BCUT2D eigenvalue weighted by atomic mass is 10.0. The molecule has 0 saturated carbocycles. The minimum Gasteiger partial charge on any atom is -0.354 e. The molecule has 1 rings (SSSR count). The Bertz CT molecular complexity index is 301. The number of nitrogens with zero attached hydrogens (tertiary/aromatic N) is 1. The lowest BCUT2D eigenvalue weighted by Gasteiger charge is -2.18. The number of methoxy groups -OCH3 is 2. The van der Waals surface area contributed by atoms with Gasteiger partial charge in [-0.2, -0.15) is 5.26 Å². The van der Waals surface area contributed by atoms with Crippen molar-refractivity contribution in [1.82, 2.24) is 0 Å². The van der Waals surface area contributed by atoms with E-state index in [0.29, 0.717) is 0 Å². The van der Waals surface area contributed by atoms with E-state index in [-0.39, 0.29) is 5.92 Å². The third-order valence-corrected chi connectivity index (χ3v) is 2.03. The van der Waals surface area contributed by atoms with E-state index >= 15 is 0 Å². The summed E-state index contributed by atoms with van der Waals surface area (Å²) in [6.07, 6.45) is -0.512. The fourth-order valence-corrected chi connectivity index (χ4v) is 1.32. The molecular weight excluding hydrogens is 178 g/mol. The van der Waals surface area contributed by atoms with Crippen molar-refractivity contribution in [2.75, 3.05) is 14.2 Å². The Kier molecular flexibility index (Phi) is 4.11. The van der Waals surface area contributed by atoms with Gasteiger partial charge in [0.2, 0.25) is 0 Å². The van der Waals surface area contributed by atoms with E-state index < -0.39 is 6.29 Å². The molecular formula is C11H13NO2. The molecule has 0 aliphatic carbocycles. The van der Waals surface area contributed by atoms with Crippen molar-refractivity contribution in [2.24, 2.45) is 0 Å². The SMILES string of the molecule is COC(OC)[C@@H](C#N)c1ccccc1. The van der Waals surface area contributed by atoms with Gasteiger partial charge >= 0.3 is 0 Å². The highest BCUT2D eigenvalue weighted by molar-refractivity contribution is 5.25. The number of hydrogen-bond donors (Lipinski definition) is 0. The van der Waals surface area contributed by atoms with Gasteiger partial charge in [0.1, 0.15) is 5.92 Å². The molecule has 74 valence electrons. The van der Waals surface area contributed by atoms with Gasteiger partial charge in [-0.15, -0.1) is 0 Å². The molecule has 14 heavy (non-hydrogen) atoms. The van der Waals surface area contributed by atoms with Crippen molar-refractivity contribution < 1.29 is 9.47 Å². The zero-order chi connectivity index (χ0) is 10.4. The van der Waals surface area contributed by atoms with E-state index in [1.807, 2.05) is 30.3 Å². The van der Waals surface area contributed by atoms with Crippen LogP contribution in [-0.2, 0) is 9.47 Å². The van der Waals surface area contributed by atoms with Gasteiger partial charge in [0, 0.05) is 14.2 Å². The monoisotopic (exact) mass is 191 g/mol. The van der Waals surface area contributed by atoms with Crippen molar-refractivity contribution in [2.45, 2.75) is 12.2 Å². The summed E-state index contributed by atoms with van der Waals surface area (Å²) in [5, 5.41) is 9.00. The molecule has 3 nitrogen and oxygen atoms in total. The zero-order valence-corrected chi connectivity index (χ0v) is 8.31. The predicted molar refractivity (Wildman–Crippen MR) is 52.6 cm³/mol. The van der Waals surface area contributed by atoms with Gasteiger partial charge in [-0.1, -0.05) is 30.3 Å². The maximum Gasteiger partial charge on any atom is 0.176 e. The third-order valence-electron chi connectivity index (χ3n) is 2.03. The van der Waals surface area contributed by atoms with Gasteiger partial charge < -0.3 is 9.47 Å². The highest BCUT2D eigenvalue weighted by Gasteiger charge is 2.21. The summed E-state index contributed by atoms with van der Waals surface area (Å²) >= 11 is 0. The van der Waals surface area contributed by atoms with Crippen LogP contribution in [-0.4, -0.2) is 20.5 Å². The van der Waals surface area contributed by atoms with Gasteiger partial charge in [0.05, 0.1) is 6.07 Å². The standard InChI is InChI=1S/C11H13NO2/c1-13-11(14-2)10(8-12)9-6-4-3-5-7-9/h3-7,10-11H,1-2H3/t10-/m0/s1. The second-order valence-electron chi connectivity index (χ2n) is 2.86. The number of ether oxygens (including phenoxy) is 2. The van der Waals surface area contributed by atoms with Crippen molar-refractivity contribution in [3.05, 3.63) is 35.9 Å². The predicted octanol–water partition coefficient (Wildman–Crippen LogP) is 1.91. The largest absolute Gasteiger partial charge is 0.354 e. The minimum atomic E-state index is -0.512. The Hall–Kier alpha value is -1.37. The van der Waals surface area contributed by atoms with E-state index in [0.717, 1.165) is 5.56 Å². The first kappa shape index (κ1) is 10.7. The Morgan fingerprint density at radius 3 is 2.14 bits per heavy atom. The number of hydrogen-bond acceptors (Lipinski definition) is 3. The fraction of sp³-hybridized carbons (Fsp3) is 0.364. The first-order chi connectivity index (χ1) is 6.83. The topological polar surface area (TPSA) is 42.2 Å². The van der Waals surface area contributed by atoms with Crippen LogP contribution in [0.15, 0.2) is 30.3 Å². The molecule has 0 N–H and O–H groups in total. The quantitative estimate of drug-likeness (QED) is 0.683. The maximum absolute atomic E-state index is 9.00. The van der Waals surface area contributed by atoms with Crippen molar-refractivity contribution in [3.8, 4) is 6.07 Å². The Labute approximate surface area is 83.9 Å². The molecule has 1 aromatic rings. The smallest absolute Gasteiger partial charge is 0.176 e. The molecule has 3 heteroatoms. The molecule has 0 aliphatic heterocycles. The van der Waals surface area contributed by atoms with Gasteiger partial charge in [-0.25, -0.2) is 0 Å². The van der Waals surface area contributed by atoms with E-state index in [2.05, 4.69) is 6.07 Å². The Balaban J connectivity index is 2.88. The van der Waals surface area contributed by atoms with Crippen LogP contribution in [0.3, 0.4) is 0 Å². The summed E-state index contributed by atoms with van der Waals surface area (Å²) < 4.78 is 10.1. The molecule has 0 aliphatic rings. The zero-order valence-electron chi connectivity index (χ0n) is 8.31. The molecule has 0 amide bonds. The second kappa shape index (κ2) is 5.38. The van der Waals surface area contributed by atoms with Gasteiger partial charge in [0.25, 0.3) is 0 Å². The van der Waals surface area contributed by atoms with Crippen molar-refractivity contribution in [3.63, 3.8) is 0 Å². The lowest BCUT2D eigenvalue weighted by Crippen LogP contribution is -2.21. The van der Waals surface area contributed by atoms with Gasteiger partial charge in [-0.05, 0) is 5.56 Å². The van der Waals surface area contributed by atoms with Crippen LogP contribution in [0.25, 0.3) is 0 Å². The average molecular weight is 191 g/mol. The number of benzene rings is 1. The number of rotatable bonds is 4. The molecule has 0 bridgehead atoms. The normalized spacial score (nSPS) is 12.4. The highest BCUT2D eigenvalue weighted by atomic mass is 16.7. The maximum atomic E-state index is 9.00. The molecule has 0 radical (unpaired) electrons. The van der Waals surface area contributed by atoms with Crippen LogP contribution < -0.4 is 0 Å². The lowest BCUT2D eigenvalue weighted by molar-refractivity contribution is -0.108. The summed E-state index contributed by atoms with van der Waals surface area (Å²) in [7, 11) is 3.06. The van der Waals surface area contributed by atoms with Crippen LogP contribution in [0.2, 0.25) is 0 Å². The molecule has 1 aromatic carbocycles. The van der Waals surface area contributed by atoms with Gasteiger partial charge in [-0.3, -0.25) is 0 Å². The summed E-state index contributed by atoms with van der Waals surface area (Å²) in [4.78, 5) is 0. The molecule has 0 aromatic heterocycles. The van der Waals surface area contributed by atoms with E-state index in [1.54, 1.807) is 0 Å². The molecule has 0 fully saturated rings. The number of nitriles is 1. The summed E-state index contributed by atoms with van der Waals surface area (Å²) in [5.74, 6) is -0.383. The van der Waals surface area contributed by atoms with Gasteiger partial charge in [0.15, 0.2) is 6.29 Å². The second-order valence-corrected chi connectivity index (χ2v) is 2.86. The molecule has 1 atom stereocenters. The van der Waals surface area contributed by atoms with Crippen molar-refractivity contribution >= 4 is 0 Å². The molecule has 0 spiro atoms. The van der Waals surface area contributed by atoms with Crippen LogP contribution in [0, 0.1) is 11.3 Å². The van der Waals surface area contributed by atoms with E-state index in [9.17, 15) is 0 Å². The molecule has 0 heterocycles. The van der Waals surface area contributed by atoms with Crippen molar-refractivity contribution in [1.29, 1.82) is 5.26 Å².